The highest BCUT2D eigenvalue weighted by Gasteiger charge is 2.55. The number of ether oxygens (including phenoxy) is 1. The van der Waals surface area contributed by atoms with E-state index >= 15 is 0 Å². The van der Waals surface area contributed by atoms with Crippen LogP contribution in [0.4, 0.5) is 11.4 Å². The largest absolute Gasteiger partial charge is 0.490 e. The fourth-order valence-electron chi connectivity index (χ4n) is 5.17. The van der Waals surface area contributed by atoms with Crippen molar-refractivity contribution >= 4 is 17.3 Å². The van der Waals surface area contributed by atoms with Crippen LogP contribution in [-0.2, 0) is 11.3 Å². The topological polar surface area (TPSA) is 61.5 Å². The Balaban J connectivity index is 1.39. The number of carbonyl (C=O) groups excluding carboxylic acids is 1. The van der Waals surface area contributed by atoms with Crippen LogP contribution in [0.2, 0.25) is 0 Å². The predicted octanol–water partition coefficient (Wildman–Crippen LogP) is 3.60. The predicted molar refractivity (Wildman–Crippen MR) is 109 cm³/mol. The molecule has 2 aromatic rings. The first-order chi connectivity index (χ1) is 13.8. The molecule has 6 nitrogen and oxygen atoms in total. The first-order valence-corrected chi connectivity index (χ1v) is 10.6. The second-order valence-electron chi connectivity index (χ2n) is 8.20. The van der Waals surface area contributed by atoms with Crippen LogP contribution >= 0.6 is 0 Å². The van der Waals surface area contributed by atoms with Crippen molar-refractivity contribution in [3.8, 4) is 5.75 Å². The lowest BCUT2D eigenvalue weighted by Crippen LogP contribution is -2.35. The Bertz CT molecular complexity index is 838. The molecule has 0 saturated heterocycles. The molecular weight excluding hydrogens is 352 g/mol. The summed E-state index contributed by atoms with van der Waals surface area (Å²) in [6.07, 6.45) is 8.67. The van der Waals surface area contributed by atoms with E-state index in [-0.39, 0.29) is 5.92 Å². The zero-order chi connectivity index (χ0) is 19.1. The molecule has 1 aliphatic heterocycles. The minimum Gasteiger partial charge on any atom is -0.490 e. The number of fused-ring (bicyclic) bond motifs is 2. The number of anilines is 2. The number of nitrogens with zero attached hydrogens (tertiary/aromatic N) is 3. The molecule has 148 valence electrons. The number of nitrogens with one attached hydrogen (secondary N) is 1. The van der Waals surface area contributed by atoms with Gasteiger partial charge < -0.3 is 19.5 Å². The summed E-state index contributed by atoms with van der Waals surface area (Å²) in [6.45, 7) is 4.99. The lowest BCUT2D eigenvalue weighted by atomic mass is 10.0. The van der Waals surface area contributed by atoms with Crippen LogP contribution in [0.25, 0.3) is 0 Å². The van der Waals surface area contributed by atoms with Gasteiger partial charge in [0.15, 0.2) is 0 Å². The van der Waals surface area contributed by atoms with Gasteiger partial charge in [-0.05, 0) is 49.8 Å². The molecule has 2 aliphatic carbocycles. The number of H-pyrrole nitrogens is 1. The number of amides is 1. The third-order valence-electron chi connectivity index (χ3n) is 6.65. The fourth-order valence-corrected chi connectivity index (χ4v) is 5.17. The smallest absolute Gasteiger partial charge is 0.230 e. The van der Waals surface area contributed by atoms with Gasteiger partial charge in [-0.3, -0.25) is 4.79 Å². The van der Waals surface area contributed by atoms with Gasteiger partial charge in [0, 0.05) is 24.3 Å². The van der Waals surface area contributed by atoms with Crippen molar-refractivity contribution in [1.82, 2.24) is 9.97 Å². The highest BCUT2D eigenvalue weighted by Crippen LogP contribution is 2.56. The quantitative estimate of drug-likeness (QED) is 0.861. The van der Waals surface area contributed by atoms with E-state index in [2.05, 4.69) is 27.9 Å². The number of hydrogen-bond acceptors (Lipinski definition) is 4. The van der Waals surface area contributed by atoms with Crippen molar-refractivity contribution in [2.24, 2.45) is 17.8 Å². The summed E-state index contributed by atoms with van der Waals surface area (Å²) >= 11 is 0. The lowest BCUT2D eigenvalue weighted by molar-refractivity contribution is -0.120. The van der Waals surface area contributed by atoms with Crippen LogP contribution in [-0.4, -0.2) is 35.6 Å². The first-order valence-electron chi connectivity index (χ1n) is 10.6. The maximum atomic E-state index is 13.3. The maximum absolute atomic E-state index is 13.3. The Morgan fingerprint density at radius 3 is 2.86 bits per heavy atom. The Labute approximate surface area is 165 Å². The molecule has 1 N–H and O–H groups in total. The number of imidazole rings is 1. The molecule has 1 amide bonds. The number of hydrogen-bond donors (Lipinski definition) is 1. The van der Waals surface area contributed by atoms with E-state index in [0.29, 0.717) is 30.9 Å². The summed E-state index contributed by atoms with van der Waals surface area (Å²) in [5.74, 6) is 2.71. The normalized spacial score (nSPS) is 25.5. The van der Waals surface area contributed by atoms with Gasteiger partial charge in [0.2, 0.25) is 5.91 Å². The minimum atomic E-state index is 0.245. The number of aromatic nitrogens is 2. The van der Waals surface area contributed by atoms with Crippen LogP contribution in [0.5, 0.6) is 5.75 Å². The molecule has 2 heterocycles. The fraction of sp³-hybridized carbons (Fsp3) is 0.545. The molecule has 3 aliphatic rings. The van der Waals surface area contributed by atoms with Gasteiger partial charge >= 0.3 is 0 Å². The van der Waals surface area contributed by atoms with Gasteiger partial charge in [-0.15, -0.1) is 0 Å². The highest BCUT2D eigenvalue weighted by atomic mass is 16.5. The summed E-state index contributed by atoms with van der Waals surface area (Å²) in [4.78, 5) is 24.9. The van der Waals surface area contributed by atoms with Crippen LogP contribution in [0, 0.1) is 17.8 Å². The summed E-state index contributed by atoms with van der Waals surface area (Å²) in [5, 5.41) is 0. The van der Waals surface area contributed by atoms with E-state index in [4.69, 9.17) is 4.74 Å². The van der Waals surface area contributed by atoms with Crippen molar-refractivity contribution in [2.75, 3.05) is 29.5 Å². The highest BCUT2D eigenvalue weighted by molar-refractivity contribution is 5.97. The molecule has 1 aromatic carbocycles. The van der Waals surface area contributed by atoms with Gasteiger partial charge in [0.1, 0.15) is 12.4 Å². The van der Waals surface area contributed by atoms with Gasteiger partial charge in [-0.25, -0.2) is 4.98 Å². The molecule has 2 saturated carbocycles. The van der Waals surface area contributed by atoms with Gasteiger partial charge in [0.05, 0.1) is 30.8 Å². The van der Waals surface area contributed by atoms with Crippen molar-refractivity contribution < 1.29 is 9.53 Å². The lowest BCUT2D eigenvalue weighted by Gasteiger charge is -2.32. The van der Waals surface area contributed by atoms with Crippen LogP contribution in [0.1, 0.15) is 38.3 Å². The molecule has 2 fully saturated rings. The number of carbonyl (C=O) groups is 1. The Kier molecular flexibility index (Phi) is 4.49. The van der Waals surface area contributed by atoms with Gasteiger partial charge in [-0.1, -0.05) is 12.8 Å². The molecule has 5 rings (SSSR count). The van der Waals surface area contributed by atoms with E-state index in [1.807, 2.05) is 23.2 Å². The monoisotopic (exact) mass is 380 g/mol. The van der Waals surface area contributed by atoms with Crippen LogP contribution in [0.15, 0.2) is 30.7 Å². The zero-order valence-electron chi connectivity index (χ0n) is 16.4. The third-order valence-corrected chi connectivity index (χ3v) is 6.65. The van der Waals surface area contributed by atoms with Gasteiger partial charge in [-0.2, -0.15) is 0 Å². The van der Waals surface area contributed by atoms with Crippen molar-refractivity contribution in [1.29, 1.82) is 0 Å². The van der Waals surface area contributed by atoms with E-state index in [1.54, 1.807) is 6.33 Å². The standard InChI is InChI=1S/C22H28N4O2/c1-2-26(22(27)21-17-5-3-4-6-18(17)21)16-7-8-20-19(11-16)25(9-10-28-20)13-15-12-23-14-24-15/h7-8,11-12,14,17-18,21H,2-6,9-10,13H2,1H3,(H,23,24). The molecule has 0 spiro atoms. The molecule has 0 bridgehead atoms. The third kappa shape index (κ3) is 3.05. The van der Waals surface area contributed by atoms with E-state index in [9.17, 15) is 4.79 Å². The van der Waals surface area contributed by atoms with E-state index in [1.165, 1.54) is 25.7 Å². The van der Waals surface area contributed by atoms with Crippen LogP contribution in [0.3, 0.4) is 0 Å². The van der Waals surface area contributed by atoms with Crippen LogP contribution < -0.4 is 14.5 Å². The number of rotatable bonds is 5. The van der Waals surface area contributed by atoms with E-state index in [0.717, 1.165) is 35.9 Å². The van der Waals surface area contributed by atoms with Crippen molar-refractivity contribution in [3.05, 3.63) is 36.4 Å². The Hall–Kier alpha value is -2.50. The average Bonchev–Trinajstić information content (AvgIpc) is 3.23. The Morgan fingerprint density at radius 2 is 2.14 bits per heavy atom. The summed E-state index contributed by atoms with van der Waals surface area (Å²) in [5.41, 5.74) is 3.03. The summed E-state index contributed by atoms with van der Waals surface area (Å²) in [6, 6.07) is 6.16. The average molecular weight is 380 g/mol. The molecule has 1 aromatic heterocycles. The first kappa shape index (κ1) is 17.6. The van der Waals surface area contributed by atoms with E-state index < -0.39 is 0 Å². The zero-order valence-corrected chi connectivity index (χ0v) is 16.4. The van der Waals surface area contributed by atoms with Gasteiger partial charge in [0.25, 0.3) is 0 Å². The molecule has 6 heteroatoms. The SMILES string of the molecule is CCN(C(=O)C1C2CCCCC21)c1ccc2c(c1)N(Cc1c[nH]cn1)CCO2. The summed E-state index contributed by atoms with van der Waals surface area (Å²) < 4.78 is 5.87. The van der Waals surface area contributed by atoms with Crippen molar-refractivity contribution in [3.63, 3.8) is 0 Å². The Morgan fingerprint density at radius 1 is 1.32 bits per heavy atom. The molecular formula is C22H28N4O2. The summed E-state index contributed by atoms with van der Waals surface area (Å²) in [7, 11) is 0. The second kappa shape index (κ2) is 7.15. The number of benzene rings is 1. The molecule has 2 unspecified atom stereocenters. The molecule has 0 radical (unpaired) electrons. The minimum absolute atomic E-state index is 0.245. The number of aromatic amines is 1. The maximum Gasteiger partial charge on any atom is 0.230 e. The molecule has 2 atom stereocenters. The second-order valence-corrected chi connectivity index (χ2v) is 8.20. The molecule has 28 heavy (non-hydrogen) atoms. The van der Waals surface area contributed by atoms with Crippen molar-refractivity contribution in [2.45, 2.75) is 39.2 Å².